The van der Waals surface area contributed by atoms with Crippen molar-refractivity contribution in [1.29, 1.82) is 0 Å². The number of ether oxygens (including phenoxy) is 1. The summed E-state index contributed by atoms with van der Waals surface area (Å²) in [5, 5.41) is 0. The van der Waals surface area contributed by atoms with E-state index in [1.165, 1.54) is 28.6 Å². The maximum absolute atomic E-state index is 12.8. The van der Waals surface area contributed by atoms with Crippen LogP contribution < -0.4 is 4.90 Å². The number of nitrogens with zero attached hydrogens (tertiary/aromatic N) is 4. The Kier molecular flexibility index (Phi) is 5.48. The molecule has 1 saturated heterocycles. The van der Waals surface area contributed by atoms with Gasteiger partial charge in [0.1, 0.15) is 0 Å². The molecule has 1 aliphatic heterocycles. The first-order valence-corrected chi connectivity index (χ1v) is 9.75. The van der Waals surface area contributed by atoms with Gasteiger partial charge in [0.15, 0.2) is 0 Å². The molecule has 1 fully saturated rings. The zero-order valence-corrected chi connectivity index (χ0v) is 15.2. The Morgan fingerprint density at radius 2 is 1.69 bits per heavy atom. The van der Waals surface area contributed by atoms with Gasteiger partial charge in [-0.05, 0) is 37.3 Å². The molecule has 0 spiro atoms. The van der Waals surface area contributed by atoms with Crippen molar-refractivity contribution in [2.45, 2.75) is 11.8 Å². The quantitative estimate of drug-likeness (QED) is 0.723. The highest BCUT2D eigenvalue weighted by Gasteiger charge is 2.29. The minimum absolute atomic E-state index is 0.162. The SMILES string of the molecule is CCOC(=O)c1ccc(S(=O)(=O)N2CCN(c3ncccn3)CC2)cc1. The van der Waals surface area contributed by atoms with Gasteiger partial charge in [-0.25, -0.2) is 23.2 Å². The fourth-order valence-electron chi connectivity index (χ4n) is 2.71. The highest BCUT2D eigenvalue weighted by Crippen LogP contribution is 2.20. The second kappa shape index (κ2) is 7.79. The lowest BCUT2D eigenvalue weighted by atomic mass is 10.2. The van der Waals surface area contributed by atoms with Crippen LogP contribution in [0.3, 0.4) is 0 Å². The largest absolute Gasteiger partial charge is 0.462 e. The van der Waals surface area contributed by atoms with Gasteiger partial charge in [0, 0.05) is 38.6 Å². The van der Waals surface area contributed by atoms with Crippen molar-refractivity contribution in [3.63, 3.8) is 0 Å². The summed E-state index contributed by atoms with van der Waals surface area (Å²) in [5.74, 6) is 0.135. The third-order valence-corrected chi connectivity index (χ3v) is 5.99. The molecule has 2 heterocycles. The topological polar surface area (TPSA) is 92.7 Å². The highest BCUT2D eigenvalue weighted by molar-refractivity contribution is 7.89. The molecular formula is C17H20N4O4S. The molecule has 3 rings (SSSR count). The fourth-order valence-corrected chi connectivity index (χ4v) is 4.13. The van der Waals surface area contributed by atoms with Crippen molar-refractivity contribution in [3.05, 3.63) is 48.3 Å². The number of rotatable bonds is 5. The summed E-state index contributed by atoms with van der Waals surface area (Å²) in [5.41, 5.74) is 0.330. The molecule has 138 valence electrons. The number of carbonyl (C=O) groups excluding carboxylic acids is 1. The van der Waals surface area contributed by atoms with Gasteiger partial charge >= 0.3 is 5.97 Å². The number of aromatic nitrogens is 2. The van der Waals surface area contributed by atoms with E-state index in [0.29, 0.717) is 37.7 Å². The first kappa shape index (κ1) is 18.3. The number of piperazine rings is 1. The van der Waals surface area contributed by atoms with Crippen LogP contribution in [0.15, 0.2) is 47.6 Å². The van der Waals surface area contributed by atoms with Crippen molar-refractivity contribution in [2.75, 3.05) is 37.7 Å². The third kappa shape index (κ3) is 3.83. The molecule has 2 aromatic rings. The van der Waals surface area contributed by atoms with E-state index in [0.717, 1.165) is 0 Å². The molecule has 0 unspecified atom stereocenters. The van der Waals surface area contributed by atoms with Crippen LogP contribution in [0.4, 0.5) is 5.95 Å². The maximum atomic E-state index is 12.8. The molecule has 1 aromatic heterocycles. The molecule has 8 nitrogen and oxygen atoms in total. The van der Waals surface area contributed by atoms with E-state index in [2.05, 4.69) is 9.97 Å². The van der Waals surface area contributed by atoms with Crippen molar-refractivity contribution >= 4 is 21.9 Å². The monoisotopic (exact) mass is 376 g/mol. The number of hydrogen-bond donors (Lipinski definition) is 0. The number of esters is 1. The van der Waals surface area contributed by atoms with E-state index in [1.807, 2.05) is 4.90 Å². The maximum Gasteiger partial charge on any atom is 0.338 e. The average Bonchev–Trinajstić information content (AvgIpc) is 2.69. The van der Waals surface area contributed by atoms with Crippen LogP contribution in [-0.2, 0) is 14.8 Å². The van der Waals surface area contributed by atoms with Gasteiger partial charge in [-0.2, -0.15) is 4.31 Å². The Morgan fingerprint density at radius 1 is 1.08 bits per heavy atom. The summed E-state index contributed by atoms with van der Waals surface area (Å²) < 4.78 is 31.9. The molecule has 0 bridgehead atoms. The Labute approximate surface area is 152 Å². The number of hydrogen-bond acceptors (Lipinski definition) is 7. The number of carbonyl (C=O) groups is 1. The summed E-state index contributed by atoms with van der Waals surface area (Å²) in [6.07, 6.45) is 3.33. The predicted molar refractivity (Wildman–Crippen MR) is 95.4 cm³/mol. The smallest absolute Gasteiger partial charge is 0.338 e. The number of benzene rings is 1. The van der Waals surface area contributed by atoms with Crippen LogP contribution in [0, 0.1) is 0 Å². The van der Waals surface area contributed by atoms with Gasteiger partial charge in [0.2, 0.25) is 16.0 Å². The zero-order chi connectivity index (χ0) is 18.6. The molecule has 0 atom stereocenters. The summed E-state index contributed by atoms with van der Waals surface area (Å²) >= 11 is 0. The van der Waals surface area contributed by atoms with Crippen molar-refractivity contribution in [2.24, 2.45) is 0 Å². The average molecular weight is 376 g/mol. The second-order valence-electron chi connectivity index (χ2n) is 5.68. The number of anilines is 1. The Balaban J connectivity index is 1.68. The fraction of sp³-hybridized carbons (Fsp3) is 0.353. The second-order valence-corrected chi connectivity index (χ2v) is 7.62. The van der Waals surface area contributed by atoms with E-state index in [9.17, 15) is 13.2 Å². The van der Waals surface area contributed by atoms with Gasteiger partial charge in [0.25, 0.3) is 0 Å². The van der Waals surface area contributed by atoms with Crippen LogP contribution >= 0.6 is 0 Å². The van der Waals surface area contributed by atoms with E-state index < -0.39 is 16.0 Å². The van der Waals surface area contributed by atoms with Crippen molar-refractivity contribution in [1.82, 2.24) is 14.3 Å². The molecular weight excluding hydrogens is 356 g/mol. The molecule has 0 aliphatic carbocycles. The normalized spacial score (nSPS) is 15.7. The van der Waals surface area contributed by atoms with Crippen LogP contribution in [0.2, 0.25) is 0 Å². The lowest BCUT2D eigenvalue weighted by Gasteiger charge is -2.33. The minimum atomic E-state index is -3.61. The highest BCUT2D eigenvalue weighted by atomic mass is 32.2. The lowest BCUT2D eigenvalue weighted by Crippen LogP contribution is -2.49. The van der Waals surface area contributed by atoms with Crippen LogP contribution in [0.25, 0.3) is 0 Å². The first-order chi connectivity index (χ1) is 12.5. The summed E-state index contributed by atoms with van der Waals surface area (Å²) in [4.78, 5) is 22.2. The lowest BCUT2D eigenvalue weighted by molar-refractivity contribution is 0.0526. The molecule has 9 heteroatoms. The van der Waals surface area contributed by atoms with E-state index in [-0.39, 0.29) is 11.5 Å². The number of sulfonamides is 1. The van der Waals surface area contributed by atoms with Crippen LogP contribution in [0.5, 0.6) is 0 Å². The van der Waals surface area contributed by atoms with E-state index >= 15 is 0 Å². The summed E-state index contributed by atoms with van der Waals surface area (Å²) in [7, 11) is -3.61. The van der Waals surface area contributed by atoms with Crippen molar-refractivity contribution < 1.29 is 17.9 Å². The molecule has 0 N–H and O–H groups in total. The van der Waals surface area contributed by atoms with Crippen LogP contribution in [0.1, 0.15) is 17.3 Å². The van der Waals surface area contributed by atoms with Crippen LogP contribution in [-0.4, -0.2) is 61.4 Å². The summed E-state index contributed by atoms with van der Waals surface area (Å²) in [6.45, 7) is 3.72. The third-order valence-electron chi connectivity index (χ3n) is 4.08. The zero-order valence-electron chi connectivity index (χ0n) is 14.4. The van der Waals surface area contributed by atoms with Gasteiger partial charge in [-0.15, -0.1) is 0 Å². The Hall–Kier alpha value is -2.52. The first-order valence-electron chi connectivity index (χ1n) is 8.31. The molecule has 26 heavy (non-hydrogen) atoms. The van der Waals surface area contributed by atoms with Gasteiger partial charge < -0.3 is 9.64 Å². The van der Waals surface area contributed by atoms with E-state index in [1.54, 1.807) is 25.4 Å². The van der Waals surface area contributed by atoms with Gasteiger partial charge in [0.05, 0.1) is 17.1 Å². The molecule has 0 saturated carbocycles. The van der Waals surface area contributed by atoms with E-state index in [4.69, 9.17) is 4.74 Å². The molecule has 0 amide bonds. The standard InChI is InChI=1S/C17H20N4O4S/c1-2-25-16(22)14-4-6-15(7-5-14)26(23,24)21-12-10-20(11-13-21)17-18-8-3-9-19-17/h3-9H,2,10-13H2,1H3. The van der Waals surface area contributed by atoms with Crippen molar-refractivity contribution in [3.8, 4) is 0 Å². The molecule has 1 aliphatic rings. The Bertz CT molecular complexity index is 848. The van der Waals surface area contributed by atoms with Gasteiger partial charge in [-0.1, -0.05) is 0 Å². The summed E-state index contributed by atoms with van der Waals surface area (Å²) in [6, 6.07) is 7.56. The Morgan fingerprint density at radius 3 is 2.27 bits per heavy atom. The molecule has 1 aromatic carbocycles. The minimum Gasteiger partial charge on any atom is -0.462 e. The van der Waals surface area contributed by atoms with Gasteiger partial charge in [-0.3, -0.25) is 0 Å². The predicted octanol–water partition coefficient (Wildman–Crippen LogP) is 1.16. The molecule has 0 radical (unpaired) electrons.